The van der Waals surface area contributed by atoms with Crippen LogP contribution in [0, 0.1) is 0 Å². The molecule has 1 aromatic rings. The number of pyridine rings is 1. The number of nitrogens with two attached hydrogens (primary N) is 1. The Balaban J connectivity index is 2.68. The van der Waals surface area contributed by atoms with Crippen molar-refractivity contribution in [3.05, 3.63) is 18.3 Å². The number of nitrogens with zero attached hydrogens (tertiary/aromatic N) is 2. The molecule has 0 atom stereocenters. The summed E-state index contributed by atoms with van der Waals surface area (Å²) in [7, 11) is 0.256. The van der Waals surface area contributed by atoms with E-state index < -0.39 is 10.0 Å². The molecule has 8 heteroatoms. The molecule has 0 saturated heterocycles. The number of hydrogen-bond acceptors (Lipinski definition) is 6. The van der Waals surface area contributed by atoms with Crippen LogP contribution in [0.4, 0.5) is 5.82 Å². The molecule has 0 aliphatic rings. The van der Waals surface area contributed by atoms with Gasteiger partial charge in [0.2, 0.25) is 10.0 Å². The lowest BCUT2D eigenvalue weighted by molar-refractivity contribution is 0.412. The van der Waals surface area contributed by atoms with Gasteiger partial charge in [-0.2, -0.15) is 0 Å². The third kappa shape index (κ3) is 4.27. The van der Waals surface area contributed by atoms with Crippen LogP contribution >= 0.6 is 0 Å². The average Bonchev–Trinajstić information content (AvgIpc) is 2.28. The SMILES string of the molecule is CN(C)CCNS(=O)(=O)c1ccc(NN)nc1. The number of anilines is 1. The van der Waals surface area contributed by atoms with Gasteiger partial charge in [0.15, 0.2) is 0 Å². The van der Waals surface area contributed by atoms with Crippen molar-refractivity contribution in [3.8, 4) is 0 Å². The maximum absolute atomic E-state index is 11.8. The highest BCUT2D eigenvalue weighted by molar-refractivity contribution is 7.89. The monoisotopic (exact) mass is 259 g/mol. The molecule has 4 N–H and O–H groups in total. The molecule has 0 aliphatic carbocycles. The number of nitrogens with one attached hydrogen (secondary N) is 2. The molecule has 0 radical (unpaired) electrons. The zero-order chi connectivity index (χ0) is 12.9. The van der Waals surface area contributed by atoms with Gasteiger partial charge in [0.1, 0.15) is 10.7 Å². The Morgan fingerprint density at radius 2 is 2.12 bits per heavy atom. The van der Waals surface area contributed by atoms with Crippen molar-refractivity contribution in [2.24, 2.45) is 5.84 Å². The molecule has 1 heterocycles. The number of rotatable bonds is 6. The first-order valence-electron chi connectivity index (χ1n) is 5.03. The predicted molar refractivity (Wildman–Crippen MR) is 65.8 cm³/mol. The van der Waals surface area contributed by atoms with Crippen LogP contribution in [0.25, 0.3) is 0 Å². The molecule has 1 aromatic heterocycles. The number of hydrogen-bond donors (Lipinski definition) is 3. The third-order valence-electron chi connectivity index (χ3n) is 2.05. The molecule has 0 bridgehead atoms. The van der Waals surface area contributed by atoms with Gasteiger partial charge in [0.05, 0.1) is 0 Å². The van der Waals surface area contributed by atoms with Crippen LogP contribution in [-0.2, 0) is 10.0 Å². The molecule has 0 aromatic carbocycles. The minimum absolute atomic E-state index is 0.121. The molecule has 17 heavy (non-hydrogen) atoms. The summed E-state index contributed by atoms with van der Waals surface area (Å²) < 4.78 is 26.1. The zero-order valence-electron chi connectivity index (χ0n) is 9.84. The second-order valence-electron chi connectivity index (χ2n) is 3.72. The number of aromatic nitrogens is 1. The van der Waals surface area contributed by atoms with Gasteiger partial charge in [0, 0.05) is 19.3 Å². The Labute approximate surface area is 101 Å². The summed E-state index contributed by atoms with van der Waals surface area (Å²) in [5.74, 6) is 5.55. The van der Waals surface area contributed by atoms with Gasteiger partial charge in [-0.25, -0.2) is 24.0 Å². The Kier molecular flexibility index (Phi) is 4.82. The maximum Gasteiger partial charge on any atom is 0.242 e. The average molecular weight is 259 g/mol. The van der Waals surface area contributed by atoms with Gasteiger partial charge in [-0.15, -0.1) is 0 Å². The third-order valence-corrected chi connectivity index (χ3v) is 3.49. The van der Waals surface area contributed by atoms with E-state index in [2.05, 4.69) is 15.1 Å². The first-order chi connectivity index (χ1) is 7.95. The van der Waals surface area contributed by atoms with Crippen LogP contribution < -0.4 is 16.0 Å². The molecule has 0 unspecified atom stereocenters. The summed E-state index contributed by atoms with van der Waals surface area (Å²) in [6.45, 7) is 0.987. The Bertz CT molecular complexity index is 443. The maximum atomic E-state index is 11.8. The molecule has 96 valence electrons. The standard InChI is InChI=1S/C9H17N5O2S/c1-14(2)6-5-12-17(15,16)8-3-4-9(13-10)11-7-8/h3-4,7,12H,5-6,10H2,1-2H3,(H,11,13). The Hall–Kier alpha value is -1.22. The smallest absolute Gasteiger partial charge is 0.242 e. The Morgan fingerprint density at radius 1 is 1.41 bits per heavy atom. The largest absolute Gasteiger partial charge is 0.308 e. The summed E-state index contributed by atoms with van der Waals surface area (Å²) in [6.07, 6.45) is 1.26. The van der Waals surface area contributed by atoms with Crippen LogP contribution in [0.2, 0.25) is 0 Å². The van der Waals surface area contributed by atoms with E-state index in [1.807, 2.05) is 19.0 Å². The van der Waals surface area contributed by atoms with E-state index in [1.165, 1.54) is 18.3 Å². The van der Waals surface area contributed by atoms with E-state index in [4.69, 9.17) is 5.84 Å². The lowest BCUT2D eigenvalue weighted by atomic mass is 10.5. The molecule has 0 aliphatic heterocycles. The summed E-state index contributed by atoms with van der Waals surface area (Å²) in [5.41, 5.74) is 2.33. The van der Waals surface area contributed by atoms with Gasteiger partial charge in [0.25, 0.3) is 0 Å². The van der Waals surface area contributed by atoms with Crippen molar-refractivity contribution in [3.63, 3.8) is 0 Å². The van der Waals surface area contributed by atoms with E-state index in [0.717, 1.165) is 0 Å². The van der Waals surface area contributed by atoms with Crippen molar-refractivity contribution in [1.29, 1.82) is 0 Å². The fourth-order valence-corrected chi connectivity index (χ4v) is 2.08. The van der Waals surface area contributed by atoms with Crippen LogP contribution in [0.1, 0.15) is 0 Å². The van der Waals surface area contributed by atoms with Crippen LogP contribution in [-0.4, -0.2) is 45.5 Å². The summed E-state index contributed by atoms with van der Waals surface area (Å²) in [6, 6.07) is 2.95. The number of sulfonamides is 1. The molecule has 0 fully saturated rings. The molecule has 7 nitrogen and oxygen atoms in total. The quantitative estimate of drug-likeness (QED) is 0.457. The minimum Gasteiger partial charge on any atom is -0.308 e. The van der Waals surface area contributed by atoms with Gasteiger partial charge < -0.3 is 10.3 Å². The molecule has 0 amide bonds. The van der Waals surface area contributed by atoms with Crippen molar-refractivity contribution in [1.82, 2.24) is 14.6 Å². The lowest BCUT2D eigenvalue weighted by Gasteiger charge is -2.10. The highest BCUT2D eigenvalue weighted by Gasteiger charge is 2.13. The van der Waals surface area contributed by atoms with E-state index in [-0.39, 0.29) is 4.90 Å². The number of likely N-dealkylation sites (N-methyl/N-ethyl adjacent to an activating group) is 1. The van der Waals surface area contributed by atoms with Gasteiger partial charge in [-0.1, -0.05) is 0 Å². The van der Waals surface area contributed by atoms with Crippen LogP contribution in [0.5, 0.6) is 0 Å². The van der Waals surface area contributed by atoms with Crippen molar-refractivity contribution in [2.75, 3.05) is 32.6 Å². The normalized spacial score (nSPS) is 11.8. The molecular weight excluding hydrogens is 242 g/mol. The fourth-order valence-electron chi connectivity index (χ4n) is 1.11. The topological polar surface area (TPSA) is 100 Å². The molecule has 1 rings (SSSR count). The van der Waals surface area contributed by atoms with Gasteiger partial charge >= 0.3 is 0 Å². The number of nitrogen functional groups attached to an aromatic ring is 1. The first-order valence-corrected chi connectivity index (χ1v) is 6.51. The Morgan fingerprint density at radius 3 is 2.59 bits per heavy atom. The second-order valence-corrected chi connectivity index (χ2v) is 5.49. The van der Waals surface area contributed by atoms with E-state index in [1.54, 1.807) is 0 Å². The first kappa shape index (κ1) is 13.8. The molecule has 0 spiro atoms. The van der Waals surface area contributed by atoms with E-state index >= 15 is 0 Å². The van der Waals surface area contributed by atoms with Crippen molar-refractivity contribution < 1.29 is 8.42 Å². The summed E-state index contributed by atoms with van der Waals surface area (Å²) in [4.78, 5) is 5.85. The van der Waals surface area contributed by atoms with E-state index in [9.17, 15) is 8.42 Å². The number of hydrazine groups is 1. The zero-order valence-corrected chi connectivity index (χ0v) is 10.7. The highest BCUT2D eigenvalue weighted by Crippen LogP contribution is 2.09. The van der Waals surface area contributed by atoms with E-state index in [0.29, 0.717) is 18.9 Å². The van der Waals surface area contributed by atoms with Crippen LogP contribution in [0.15, 0.2) is 23.2 Å². The molecular formula is C9H17N5O2S. The molecule has 0 saturated carbocycles. The highest BCUT2D eigenvalue weighted by atomic mass is 32.2. The second kappa shape index (κ2) is 5.92. The fraction of sp³-hybridized carbons (Fsp3) is 0.444. The minimum atomic E-state index is -3.49. The van der Waals surface area contributed by atoms with Crippen LogP contribution in [0.3, 0.4) is 0 Å². The van der Waals surface area contributed by atoms with Gasteiger partial charge in [-0.3, -0.25) is 0 Å². The summed E-state index contributed by atoms with van der Waals surface area (Å²) >= 11 is 0. The van der Waals surface area contributed by atoms with Crippen molar-refractivity contribution in [2.45, 2.75) is 4.90 Å². The lowest BCUT2D eigenvalue weighted by Crippen LogP contribution is -2.31. The summed E-state index contributed by atoms with van der Waals surface area (Å²) in [5, 5.41) is 0. The predicted octanol–water partition coefficient (Wildman–Crippen LogP) is -0.793. The van der Waals surface area contributed by atoms with Gasteiger partial charge in [-0.05, 0) is 26.2 Å². The van der Waals surface area contributed by atoms with Crippen molar-refractivity contribution >= 4 is 15.8 Å².